The van der Waals surface area contributed by atoms with Gasteiger partial charge in [-0.15, -0.1) is 0 Å². The van der Waals surface area contributed by atoms with Crippen LogP contribution >= 0.6 is 0 Å². The highest BCUT2D eigenvalue weighted by Gasteiger charge is 2.35. The Morgan fingerprint density at radius 2 is 1.93 bits per heavy atom. The predicted octanol–water partition coefficient (Wildman–Crippen LogP) is 3.56. The fourth-order valence-electron chi connectivity index (χ4n) is 3.04. The Morgan fingerprint density at radius 1 is 1.21 bits per heavy atom. The summed E-state index contributed by atoms with van der Waals surface area (Å²) in [5.41, 5.74) is 0.553. The highest BCUT2D eigenvalue weighted by Crippen LogP contribution is 2.30. The van der Waals surface area contributed by atoms with E-state index in [9.17, 15) is 22.8 Å². The first-order valence-corrected chi connectivity index (χ1v) is 8.51. The number of alkyl halides is 3. The molecule has 1 unspecified atom stereocenters. The molecule has 1 heterocycles. The molecule has 0 bridgehead atoms. The zero-order chi connectivity index (χ0) is 20.3. The lowest BCUT2D eigenvalue weighted by Crippen LogP contribution is -2.28. The monoisotopic (exact) mass is 387 g/mol. The molecule has 0 spiro atoms. The van der Waals surface area contributed by atoms with Crippen LogP contribution < -0.4 is 5.32 Å². The second-order valence-electron chi connectivity index (χ2n) is 6.55. The third kappa shape index (κ3) is 4.49. The maximum Gasteiger partial charge on any atom is 0.416 e. The zero-order valence-corrected chi connectivity index (χ0v) is 14.7. The van der Waals surface area contributed by atoms with E-state index in [-0.39, 0.29) is 31.3 Å². The predicted molar refractivity (Wildman–Crippen MR) is 94.8 cm³/mol. The average Bonchev–Trinajstić information content (AvgIpc) is 3.02. The molecule has 8 heteroatoms. The molecule has 1 fully saturated rings. The van der Waals surface area contributed by atoms with Gasteiger partial charge >= 0.3 is 6.18 Å². The molecule has 1 N–H and O–H groups in total. The number of hydrogen-bond donors (Lipinski definition) is 1. The number of nitrogens with zero attached hydrogens (tertiary/aromatic N) is 2. The van der Waals surface area contributed by atoms with Crippen LogP contribution in [0.1, 0.15) is 23.1 Å². The molecule has 0 saturated carbocycles. The Hall–Kier alpha value is -3.34. The van der Waals surface area contributed by atoms with Gasteiger partial charge in [-0.05, 0) is 42.0 Å². The van der Waals surface area contributed by atoms with E-state index < -0.39 is 17.7 Å². The first kappa shape index (κ1) is 19.4. The van der Waals surface area contributed by atoms with E-state index in [1.165, 1.54) is 17.0 Å². The lowest BCUT2D eigenvalue weighted by atomic mass is 10.1. The van der Waals surface area contributed by atoms with Crippen LogP contribution in [0.25, 0.3) is 0 Å². The molecule has 1 atom stereocenters. The van der Waals surface area contributed by atoms with Gasteiger partial charge in [-0.25, -0.2) is 0 Å². The van der Waals surface area contributed by atoms with E-state index in [0.29, 0.717) is 16.8 Å². The van der Waals surface area contributed by atoms with Crippen LogP contribution in [0, 0.1) is 17.2 Å². The Balaban J connectivity index is 1.63. The van der Waals surface area contributed by atoms with E-state index >= 15 is 0 Å². The first-order valence-electron chi connectivity index (χ1n) is 8.51. The van der Waals surface area contributed by atoms with Crippen LogP contribution in [-0.2, 0) is 22.3 Å². The van der Waals surface area contributed by atoms with Gasteiger partial charge in [-0.3, -0.25) is 9.59 Å². The Morgan fingerprint density at radius 3 is 2.57 bits per heavy atom. The number of likely N-dealkylation sites (tertiary alicyclic amines) is 1. The van der Waals surface area contributed by atoms with Crippen LogP contribution in [0.3, 0.4) is 0 Å². The summed E-state index contributed by atoms with van der Waals surface area (Å²) >= 11 is 0. The number of hydrogen-bond acceptors (Lipinski definition) is 3. The zero-order valence-electron chi connectivity index (χ0n) is 14.7. The van der Waals surface area contributed by atoms with Crippen LogP contribution in [0.2, 0.25) is 0 Å². The van der Waals surface area contributed by atoms with E-state index in [1.807, 2.05) is 6.07 Å². The van der Waals surface area contributed by atoms with Gasteiger partial charge in [0.25, 0.3) is 0 Å². The van der Waals surface area contributed by atoms with Gasteiger partial charge in [0.15, 0.2) is 0 Å². The van der Waals surface area contributed by atoms with Crippen molar-refractivity contribution in [1.82, 2.24) is 4.90 Å². The standard InChI is InChI=1S/C20H16F3N3O2/c21-20(22,23)16-3-1-2-14(8-16)11-26-12-15(9-18(26)27)19(28)25-17-6-4-13(10-24)5-7-17/h1-8,15H,9,11-12H2,(H,25,28). The Kier molecular flexibility index (Phi) is 5.36. The molecule has 0 radical (unpaired) electrons. The smallest absolute Gasteiger partial charge is 0.338 e. The summed E-state index contributed by atoms with van der Waals surface area (Å²) in [6.07, 6.45) is -4.45. The van der Waals surface area contributed by atoms with Gasteiger partial charge in [0.2, 0.25) is 11.8 Å². The number of benzene rings is 2. The lowest BCUT2D eigenvalue weighted by Gasteiger charge is -2.17. The number of nitriles is 1. The number of carbonyl (C=O) groups excluding carboxylic acids is 2. The molecule has 2 amide bonds. The molecule has 0 aromatic heterocycles. The van der Waals surface area contributed by atoms with E-state index in [0.717, 1.165) is 12.1 Å². The van der Waals surface area contributed by atoms with Crippen molar-refractivity contribution in [3.8, 4) is 6.07 Å². The summed E-state index contributed by atoms with van der Waals surface area (Å²) in [5, 5.41) is 11.5. The first-order chi connectivity index (χ1) is 13.3. The maximum atomic E-state index is 12.8. The second kappa shape index (κ2) is 7.72. The molecule has 1 saturated heterocycles. The molecule has 0 aliphatic carbocycles. The number of nitrogens with one attached hydrogen (secondary N) is 1. The minimum Gasteiger partial charge on any atom is -0.338 e. The fraction of sp³-hybridized carbons (Fsp3) is 0.250. The quantitative estimate of drug-likeness (QED) is 0.872. The van der Waals surface area contributed by atoms with Gasteiger partial charge in [0, 0.05) is 25.2 Å². The van der Waals surface area contributed by atoms with Crippen molar-refractivity contribution in [2.75, 3.05) is 11.9 Å². The van der Waals surface area contributed by atoms with E-state index in [4.69, 9.17) is 5.26 Å². The molecular formula is C20H16F3N3O2. The van der Waals surface area contributed by atoms with Crippen molar-refractivity contribution in [1.29, 1.82) is 5.26 Å². The molecular weight excluding hydrogens is 371 g/mol. The SMILES string of the molecule is N#Cc1ccc(NC(=O)C2CC(=O)N(Cc3cccc(C(F)(F)F)c3)C2)cc1. The third-order valence-electron chi connectivity index (χ3n) is 4.49. The summed E-state index contributed by atoms with van der Waals surface area (Å²) in [6, 6.07) is 13.1. The molecule has 2 aromatic rings. The van der Waals surface area contributed by atoms with Gasteiger partial charge in [-0.2, -0.15) is 18.4 Å². The van der Waals surface area contributed by atoms with Gasteiger partial charge in [0.1, 0.15) is 0 Å². The van der Waals surface area contributed by atoms with Crippen LogP contribution in [-0.4, -0.2) is 23.3 Å². The van der Waals surface area contributed by atoms with Gasteiger partial charge in [0.05, 0.1) is 23.1 Å². The van der Waals surface area contributed by atoms with Crippen molar-refractivity contribution >= 4 is 17.5 Å². The highest BCUT2D eigenvalue weighted by molar-refractivity contribution is 5.97. The molecule has 28 heavy (non-hydrogen) atoms. The maximum absolute atomic E-state index is 12.8. The van der Waals surface area contributed by atoms with E-state index in [2.05, 4.69) is 5.32 Å². The lowest BCUT2D eigenvalue weighted by molar-refractivity contribution is -0.137. The summed E-state index contributed by atoms with van der Waals surface area (Å²) in [7, 11) is 0. The molecule has 2 aromatic carbocycles. The summed E-state index contributed by atoms with van der Waals surface area (Å²) in [6.45, 7) is 0.153. The topological polar surface area (TPSA) is 73.2 Å². The number of carbonyl (C=O) groups is 2. The molecule has 1 aliphatic heterocycles. The highest BCUT2D eigenvalue weighted by atomic mass is 19.4. The van der Waals surface area contributed by atoms with Crippen molar-refractivity contribution in [3.05, 3.63) is 65.2 Å². The minimum atomic E-state index is -4.45. The van der Waals surface area contributed by atoms with Crippen molar-refractivity contribution in [2.45, 2.75) is 19.1 Å². The van der Waals surface area contributed by atoms with E-state index in [1.54, 1.807) is 24.3 Å². The Labute approximate surface area is 159 Å². The van der Waals surface area contributed by atoms with Crippen molar-refractivity contribution in [3.63, 3.8) is 0 Å². The van der Waals surface area contributed by atoms with Crippen molar-refractivity contribution in [2.24, 2.45) is 5.92 Å². The number of rotatable bonds is 4. The summed E-state index contributed by atoms with van der Waals surface area (Å²) in [4.78, 5) is 26.0. The Bertz CT molecular complexity index is 933. The number of anilines is 1. The van der Waals surface area contributed by atoms with Gasteiger partial charge < -0.3 is 10.2 Å². The number of halogens is 3. The normalized spacial score (nSPS) is 16.7. The second-order valence-corrected chi connectivity index (χ2v) is 6.55. The number of amides is 2. The largest absolute Gasteiger partial charge is 0.416 e. The molecule has 5 nitrogen and oxygen atoms in total. The average molecular weight is 387 g/mol. The van der Waals surface area contributed by atoms with Crippen LogP contribution in [0.15, 0.2) is 48.5 Å². The third-order valence-corrected chi connectivity index (χ3v) is 4.49. The van der Waals surface area contributed by atoms with Crippen LogP contribution in [0.4, 0.5) is 18.9 Å². The van der Waals surface area contributed by atoms with Crippen molar-refractivity contribution < 1.29 is 22.8 Å². The molecule has 3 rings (SSSR count). The summed E-state index contributed by atoms with van der Waals surface area (Å²) in [5.74, 6) is -1.21. The summed E-state index contributed by atoms with van der Waals surface area (Å²) < 4.78 is 38.5. The minimum absolute atomic E-state index is 0.00107. The fourth-order valence-corrected chi connectivity index (χ4v) is 3.04. The molecule has 144 valence electrons. The van der Waals surface area contributed by atoms with Crippen LogP contribution in [0.5, 0.6) is 0 Å². The van der Waals surface area contributed by atoms with Gasteiger partial charge in [-0.1, -0.05) is 12.1 Å². The molecule has 1 aliphatic rings.